The van der Waals surface area contributed by atoms with E-state index in [1.807, 2.05) is 13.8 Å². The van der Waals surface area contributed by atoms with E-state index in [2.05, 4.69) is 21.0 Å². The standard InChI is InChI=1S/C15H15BrClFN2O/c1-3-12-15(16)13(20(4-2)19-12)8-14(21)10-6-5-9(18)7-11(10)17/h5-7H,3-4,8H2,1-2H3. The molecule has 0 spiro atoms. The SMILES string of the molecule is CCc1nn(CC)c(CC(=O)c2ccc(F)cc2Cl)c1Br. The molecule has 1 aromatic heterocycles. The van der Waals surface area contributed by atoms with Crippen molar-refractivity contribution < 1.29 is 9.18 Å². The molecule has 0 amide bonds. The lowest BCUT2D eigenvalue weighted by molar-refractivity contribution is 0.0990. The monoisotopic (exact) mass is 372 g/mol. The Labute approximate surface area is 136 Å². The number of carbonyl (C=O) groups is 1. The molecule has 1 aromatic carbocycles. The Kier molecular flexibility index (Phi) is 5.17. The van der Waals surface area contributed by atoms with Crippen LogP contribution in [0.15, 0.2) is 22.7 Å². The van der Waals surface area contributed by atoms with E-state index < -0.39 is 5.82 Å². The van der Waals surface area contributed by atoms with Crippen LogP contribution in [0.5, 0.6) is 0 Å². The number of hydrogen-bond donors (Lipinski definition) is 0. The highest BCUT2D eigenvalue weighted by Gasteiger charge is 2.19. The molecule has 112 valence electrons. The summed E-state index contributed by atoms with van der Waals surface area (Å²) in [5.41, 5.74) is 2.07. The molecular weight excluding hydrogens is 359 g/mol. The van der Waals surface area contributed by atoms with Crippen LogP contribution >= 0.6 is 27.5 Å². The summed E-state index contributed by atoms with van der Waals surface area (Å²) in [6.45, 7) is 4.66. The van der Waals surface area contributed by atoms with E-state index in [4.69, 9.17) is 11.6 Å². The number of ketones is 1. The van der Waals surface area contributed by atoms with Crippen molar-refractivity contribution in [2.75, 3.05) is 0 Å². The lowest BCUT2D eigenvalue weighted by Gasteiger charge is -2.06. The van der Waals surface area contributed by atoms with Crippen molar-refractivity contribution >= 4 is 33.3 Å². The Morgan fingerprint density at radius 1 is 1.43 bits per heavy atom. The van der Waals surface area contributed by atoms with E-state index in [0.29, 0.717) is 12.1 Å². The molecule has 0 radical (unpaired) electrons. The van der Waals surface area contributed by atoms with E-state index >= 15 is 0 Å². The second-order valence-electron chi connectivity index (χ2n) is 4.60. The van der Waals surface area contributed by atoms with Crippen LogP contribution in [0.4, 0.5) is 4.39 Å². The second-order valence-corrected chi connectivity index (χ2v) is 5.80. The highest BCUT2D eigenvalue weighted by Crippen LogP contribution is 2.25. The van der Waals surface area contributed by atoms with Gasteiger partial charge in [0.1, 0.15) is 5.82 Å². The quantitative estimate of drug-likeness (QED) is 0.726. The summed E-state index contributed by atoms with van der Waals surface area (Å²) in [7, 11) is 0. The van der Waals surface area contributed by atoms with E-state index in [1.54, 1.807) is 4.68 Å². The van der Waals surface area contributed by atoms with Crippen LogP contribution in [0.1, 0.15) is 35.6 Å². The van der Waals surface area contributed by atoms with E-state index in [1.165, 1.54) is 12.1 Å². The average Bonchev–Trinajstić information content (AvgIpc) is 2.75. The first-order valence-electron chi connectivity index (χ1n) is 6.70. The Morgan fingerprint density at radius 3 is 2.71 bits per heavy atom. The molecule has 2 aromatic rings. The van der Waals surface area contributed by atoms with E-state index in [9.17, 15) is 9.18 Å². The van der Waals surface area contributed by atoms with Crippen LogP contribution < -0.4 is 0 Å². The third-order valence-electron chi connectivity index (χ3n) is 3.25. The summed E-state index contributed by atoms with van der Waals surface area (Å²) >= 11 is 9.45. The van der Waals surface area contributed by atoms with Gasteiger partial charge < -0.3 is 0 Å². The normalized spacial score (nSPS) is 10.9. The molecule has 3 nitrogen and oxygen atoms in total. The van der Waals surface area contributed by atoms with Crippen molar-refractivity contribution in [3.05, 3.63) is 50.5 Å². The van der Waals surface area contributed by atoms with Crippen molar-refractivity contribution in [1.82, 2.24) is 9.78 Å². The molecule has 2 rings (SSSR count). The summed E-state index contributed by atoms with van der Waals surface area (Å²) in [4.78, 5) is 12.4. The first kappa shape index (κ1) is 16.2. The third kappa shape index (κ3) is 3.35. The summed E-state index contributed by atoms with van der Waals surface area (Å²) < 4.78 is 15.7. The topological polar surface area (TPSA) is 34.9 Å². The van der Waals surface area contributed by atoms with Gasteiger partial charge in [-0.25, -0.2) is 4.39 Å². The van der Waals surface area contributed by atoms with Crippen molar-refractivity contribution in [3.63, 3.8) is 0 Å². The molecule has 0 aliphatic heterocycles. The van der Waals surface area contributed by atoms with Gasteiger partial charge in [0.25, 0.3) is 0 Å². The number of Topliss-reactive ketones (excluding diaryl/α,β-unsaturated/α-hetero) is 1. The summed E-state index contributed by atoms with van der Waals surface area (Å²) in [6.07, 6.45) is 0.957. The zero-order valence-electron chi connectivity index (χ0n) is 11.8. The molecule has 0 unspecified atom stereocenters. The number of halogens is 3. The van der Waals surface area contributed by atoms with Crippen LogP contribution in [-0.4, -0.2) is 15.6 Å². The summed E-state index contributed by atoms with van der Waals surface area (Å²) in [6, 6.07) is 3.81. The van der Waals surface area contributed by atoms with Gasteiger partial charge in [-0.3, -0.25) is 9.48 Å². The zero-order chi connectivity index (χ0) is 15.6. The Balaban J connectivity index is 2.33. The molecule has 0 N–H and O–H groups in total. The van der Waals surface area contributed by atoms with Crippen LogP contribution in [0.3, 0.4) is 0 Å². The number of nitrogens with zero attached hydrogens (tertiary/aromatic N) is 2. The van der Waals surface area contributed by atoms with Gasteiger partial charge in [0, 0.05) is 12.1 Å². The van der Waals surface area contributed by atoms with Gasteiger partial charge in [-0.05, 0) is 47.5 Å². The van der Waals surface area contributed by atoms with Crippen molar-refractivity contribution in [3.8, 4) is 0 Å². The van der Waals surface area contributed by atoms with Gasteiger partial charge >= 0.3 is 0 Å². The molecule has 0 fully saturated rings. The minimum atomic E-state index is -0.454. The van der Waals surface area contributed by atoms with Crippen molar-refractivity contribution in [1.29, 1.82) is 0 Å². The highest BCUT2D eigenvalue weighted by atomic mass is 79.9. The zero-order valence-corrected chi connectivity index (χ0v) is 14.1. The first-order chi connectivity index (χ1) is 9.97. The molecule has 1 heterocycles. The molecule has 21 heavy (non-hydrogen) atoms. The number of carbonyl (C=O) groups excluding carboxylic acids is 1. The smallest absolute Gasteiger partial charge is 0.170 e. The molecule has 0 aliphatic carbocycles. The minimum Gasteiger partial charge on any atom is -0.294 e. The maximum atomic E-state index is 13.1. The van der Waals surface area contributed by atoms with Gasteiger partial charge in [0.05, 0.1) is 27.3 Å². The summed E-state index contributed by atoms with van der Waals surface area (Å²) in [5, 5.41) is 4.59. The molecule has 0 aliphatic rings. The average molecular weight is 374 g/mol. The fourth-order valence-electron chi connectivity index (χ4n) is 2.15. The lowest BCUT2D eigenvalue weighted by Crippen LogP contribution is -2.10. The lowest BCUT2D eigenvalue weighted by atomic mass is 10.1. The fraction of sp³-hybridized carbons (Fsp3) is 0.333. The van der Waals surface area contributed by atoms with E-state index in [-0.39, 0.29) is 17.2 Å². The second kappa shape index (κ2) is 6.71. The van der Waals surface area contributed by atoms with Gasteiger partial charge in [-0.1, -0.05) is 18.5 Å². The number of hydrogen-bond acceptors (Lipinski definition) is 2. The molecule has 0 saturated heterocycles. The predicted octanol–water partition coefficient (Wildman–Crippen LogP) is 4.45. The van der Waals surface area contributed by atoms with Crippen LogP contribution in [0.25, 0.3) is 0 Å². The molecular formula is C15H15BrClFN2O. The number of benzene rings is 1. The fourth-order valence-corrected chi connectivity index (χ4v) is 3.13. The Hall–Kier alpha value is -1.20. The highest BCUT2D eigenvalue weighted by molar-refractivity contribution is 9.10. The van der Waals surface area contributed by atoms with Gasteiger partial charge in [0.15, 0.2) is 5.78 Å². The molecule has 0 bridgehead atoms. The third-order valence-corrected chi connectivity index (χ3v) is 4.48. The molecule has 0 saturated carbocycles. The maximum Gasteiger partial charge on any atom is 0.170 e. The molecule has 6 heteroatoms. The van der Waals surface area contributed by atoms with Gasteiger partial charge in [-0.15, -0.1) is 0 Å². The molecule has 0 atom stereocenters. The van der Waals surface area contributed by atoms with E-state index in [0.717, 1.165) is 28.3 Å². The predicted molar refractivity (Wildman–Crippen MR) is 84.4 cm³/mol. The summed E-state index contributed by atoms with van der Waals surface area (Å²) in [5.74, 6) is -0.609. The van der Waals surface area contributed by atoms with Crippen molar-refractivity contribution in [2.24, 2.45) is 0 Å². The van der Waals surface area contributed by atoms with Gasteiger partial charge in [0.2, 0.25) is 0 Å². The van der Waals surface area contributed by atoms with Crippen LogP contribution in [-0.2, 0) is 19.4 Å². The number of aryl methyl sites for hydroxylation is 2. The largest absolute Gasteiger partial charge is 0.294 e. The van der Waals surface area contributed by atoms with Gasteiger partial charge in [-0.2, -0.15) is 5.10 Å². The number of aromatic nitrogens is 2. The minimum absolute atomic E-state index is 0.134. The van der Waals surface area contributed by atoms with Crippen LogP contribution in [0.2, 0.25) is 5.02 Å². The first-order valence-corrected chi connectivity index (χ1v) is 7.87. The number of rotatable bonds is 5. The Morgan fingerprint density at radius 2 is 2.14 bits per heavy atom. The van der Waals surface area contributed by atoms with Crippen LogP contribution in [0, 0.1) is 5.82 Å². The maximum absolute atomic E-state index is 13.1. The Bertz CT molecular complexity index is 685. The van der Waals surface area contributed by atoms with Crippen molar-refractivity contribution in [2.45, 2.75) is 33.2 Å².